The van der Waals surface area contributed by atoms with Gasteiger partial charge in [0.15, 0.2) is 23.3 Å². The van der Waals surface area contributed by atoms with E-state index in [9.17, 15) is 14.7 Å². The lowest BCUT2D eigenvalue weighted by Gasteiger charge is -2.46. The smallest absolute Gasteiger partial charge is 0.271 e. The molecule has 210 valence electrons. The average molecular weight is 547 g/mol. The highest BCUT2D eigenvalue weighted by atomic mass is 16.3. The summed E-state index contributed by atoms with van der Waals surface area (Å²) in [4.78, 5) is 37.0. The van der Waals surface area contributed by atoms with E-state index in [1.54, 1.807) is 17.0 Å². The van der Waals surface area contributed by atoms with Crippen molar-refractivity contribution < 1.29 is 14.7 Å². The lowest BCUT2D eigenvalue weighted by molar-refractivity contribution is 0.0144. The second kappa shape index (κ2) is 10.0. The molecule has 13 heteroatoms. The number of carbonyl (C=O) groups is 2. The molecule has 2 amide bonds. The Balaban J connectivity index is 1.20. The van der Waals surface area contributed by atoms with Crippen LogP contribution < -0.4 is 27.4 Å². The first-order valence-electron chi connectivity index (χ1n) is 13.7. The summed E-state index contributed by atoms with van der Waals surface area (Å²) in [5, 5.41) is 28.7. The normalized spacial score (nSPS) is 28.4. The standard InChI is InChI=1S/C27H34N10O3/c1-2-15-10-11-18(36-35-15)24(40)30-12-19-21-27(34-25(28)33-21)22(38)20(13-37(27)26(29)32-19)31-23(39)17-9-5-7-14-6-3-4-8-16(14)17/h5,7,9-11,19-22,38H,2-4,6,8,12-13H2,1H3,(H2,29,32)(H,30,40)(H,31,39)(H3,28,33,34)/t19-,20?,21?,22+,27?/m0/s1. The van der Waals surface area contributed by atoms with Crippen molar-refractivity contribution in [3.05, 3.63) is 58.4 Å². The van der Waals surface area contributed by atoms with Crippen molar-refractivity contribution in [1.82, 2.24) is 31.0 Å². The molecule has 1 saturated heterocycles. The van der Waals surface area contributed by atoms with Crippen molar-refractivity contribution in [2.24, 2.45) is 21.5 Å². The number of aliphatic hydroxyl groups is 1. The van der Waals surface area contributed by atoms with Gasteiger partial charge in [0.25, 0.3) is 11.8 Å². The third kappa shape index (κ3) is 4.21. The molecule has 1 aromatic heterocycles. The number of rotatable bonds is 6. The summed E-state index contributed by atoms with van der Waals surface area (Å²) < 4.78 is 0. The fraction of sp³-hybridized carbons (Fsp3) is 0.481. The zero-order valence-electron chi connectivity index (χ0n) is 22.3. The number of hydrogen-bond acceptors (Lipinski definition) is 11. The van der Waals surface area contributed by atoms with Crippen molar-refractivity contribution in [2.75, 3.05) is 13.1 Å². The van der Waals surface area contributed by atoms with Crippen LogP contribution in [0.4, 0.5) is 0 Å². The number of amides is 2. The predicted molar refractivity (Wildman–Crippen MR) is 147 cm³/mol. The Labute approximate surface area is 231 Å². The number of nitrogens with two attached hydrogens (primary N) is 2. The molecule has 2 aromatic rings. The Morgan fingerprint density at radius 1 is 1.12 bits per heavy atom. The fourth-order valence-electron chi connectivity index (χ4n) is 6.40. The molecule has 1 spiro atoms. The maximum atomic E-state index is 13.4. The largest absolute Gasteiger partial charge is 0.386 e. The minimum absolute atomic E-state index is 0.0787. The number of hydrogen-bond donors (Lipinski definition) is 6. The number of nitrogens with zero attached hydrogens (tertiary/aromatic N) is 5. The first-order chi connectivity index (χ1) is 19.3. The maximum absolute atomic E-state index is 13.4. The summed E-state index contributed by atoms with van der Waals surface area (Å²) in [5.41, 5.74) is 15.2. The van der Waals surface area contributed by atoms with Crippen molar-refractivity contribution in [3.63, 3.8) is 0 Å². The van der Waals surface area contributed by atoms with Crippen molar-refractivity contribution >= 4 is 23.7 Å². The Bertz CT molecular complexity index is 1390. The van der Waals surface area contributed by atoms with E-state index in [0.29, 0.717) is 5.56 Å². The van der Waals surface area contributed by atoms with Gasteiger partial charge >= 0.3 is 0 Å². The number of aliphatic hydroxyl groups excluding tert-OH is 1. The van der Waals surface area contributed by atoms with E-state index < -0.39 is 35.8 Å². The van der Waals surface area contributed by atoms with Crippen LogP contribution in [-0.2, 0) is 19.3 Å². The molecule has 13 nitrogen and oxygen atoms in total. The number of carbonyl (C=O) groups excluding carboxylic acids is 2. The van der Waals surface area contributed by atoms with E-state index in [1.165, 1.54) is 5.56 Å². The van der Waals surface area contributed by atoms with E-state index in [-0.39, 0.29) is 36.6 Å². The summed E-state index contributed by atoms with van der Waals surface area (Å²) in [6, 6.07) is 7.22. The van der Waals surface area contributed by atoms with Gasteiger partial charge in [0, 0.05) is 18.7 Å². The molecular formula is C27H34N10O3. The molecule has 8 N–H and O–H groups in total. The zero-order chi connectivity index (χ0) is 28.0. The monoisotopic (exact) mass is 546 g/mol. The molecule has 0 saturated carbocycles. The highest BCUT2D eigenvalue weighted by Gasteiger charge is 2.65. The molecule has 0 radical (unpaired) electrons. The number of fused-ring (bicyclic) bond motifs is 1. The fourth-order valence-corrected chi connectivity index (χ4v) is 6.40. The number of aromatic nitrogens is 2. The predicted octanol–water partition coefficient (Wildman–Crippen LogP) is -1.20. The van der Waals surface area contributed by atoms with Crippen molar-refractivity contribution in [3.8, 4) is 0 Å². The van der Waals surface area contributed by atoms with Crippen molar-refractivity contribution in [1.29, 1.82) is 0 Å². The second-order valence-electron chi connectivity index (χ2n) is 10.7. The van der Waals surface area contributed by atoms with Crippen LogP contribution in [-0.4, -0.2) is 86.9 Å². The average Bonchev–Trinajstić information content (AvgIpc) is 3.47. The van der Waals surface area contributed by atoms with Gasteiger partial charge in [-0.3, -0.25) is 9.59 Å². The van der Waals surface area contributed by atoms with Gasteiger partial charge in [-0.1, -0.05) is 19.1 Å². The van der Waals surface area contributed by atoms with E-state index in [1.807, 2.05) is 19.1 Å². The van der Waals surface area contributed by atoms with E-state index in [4.69, 9.17) is 11.5 Å². The topological polar surface area (TPSA) is 196 Å². The minimum Gasteiger partial charge on any atom is -0.386 e. The summed E-state index contributed by atoms with van der Waals surface area (Å²) in [7, 11) is 0. The van der Waals surface area contributed by atoms with Crippen LogP contribution in [0.15, 0.2) is 40.3 Å². The van der Waals surface area contributed by atoms with E-state index in [2.05, 4.69) is 42.2 Å². The van der Waals surface area contributed by atoms with Crippen molar-refractivity contribution in [2.45, 2.75) is 68.9 Å². The summed E-state index contributed by atoms with van der Waals surface area (Å²) in [6.45, 7) is 2.25. The molecule has 40 heavy (non-hydrogen) atoms. The van der Waals surface area contributed by atoms with Crippen LogP contribution in [0.25, 0.3) is 0 Å². The molecule has 3 aliphatic heterocycles. The van der Waals surface area contributed by atoms with Crippen LogP contribution in [0, 0.1) is 0 Å². The third-order valence-corrected chi connectivity index (χ3v) is 8.40. The third-order valence-electron chi connectivity index (χ3n) is 8.40. The Morgan fingerprint density at radius 3 is 2.73 bits per heavy atom. The van der Waals surface area contributed by atoms with Gasteiger partial charge < -0.3 is 37.4 Å². The SMILES string of the molecule is CCc1ccc(C(=O)NC[C@@H]2N=C(N)N3CC(NC(=O)c4cccc5c4CCCC5)[C@@H](O)C34NC(N)=NC24)nn1. The van der Waals surface area contributed by atoms with Crippen LogP contribution in [0.3, 0.4) is 0 Å². The Morgan fingerprint density at radius 2 is 1.95 bits per heavy atom. The number of guanidine groups is 2. The minimum atomic E-state index is -1.22. The summed E-state index contributed by atoms with van der Waals surface area (Å²) in [6.07, 6.45) is 3.58. The van der Waals surface area contributed by atoms with Gasteiger partial charge in [-0.2, -0.15) is 5.10 Å². The molecule has 3 unspecified atom stereocenters. The molecular weight excluding hydrogens is 512 g/mol. The van der Waals surface area contributed by atoms with E-state index >= 15 is 0 Å². The molecule has 4 aliphatic rings. The van der Waals surface area contributed by atoms with E-state index in [0.717, 1.165) is 43.4 Å². The number of aryl methyl sites for hydroxylation is 2. The highest BCUT2D eigenvalue weighted by Crippen LogP contribution is 2.40. The first-order valence-corrected chi connectivity index (χ1v) is 13.7. The zero-order valence-corrected chi connectivity index (χ0v) is 22.3. The lowest BCUT2D eigenvalue weighted by Crippen LogP contribution is -2.73. The van der Waals surface area contributed by atoms with Gasteiger partial charge in [0.1, 0.15) is 12.1 Å². The van der Waals surface area contributed by atoms with Gasteiger partial charge in [-0.25, -0.2) is 9.98 Å². The Hall–Kier alpha value is -4.26. The van der Waals surface area contributed by atoms with Gasteiger partial charge in [-0.15, -0.1) is 5.10 Å². The molecule has 4 heterocycles. The quantitative estimate of drug-likeness (QED) is 0.258. The van der Waals surface area contributed by atoms with Gasteiger partial charge in [0.2, 0.25) is 0 Å². The molecule has 0 bridgehead atoms. The van der Waals surface area contributed by atoms with Gasteiger partial charge in [-0.05, 0) is 61.4 Å². The summed E-state index contributed by atoms with van der Waals surface area (Å²) in [5.74, 6) is -0.364. The summed E-state index contributed by atoms with van der Waals surface area (Å²) >= 11 is 0. The number of benzene rings is 1. The lowest BCUT2D eigenvalue weighted by atomic mass is 9.87. The van der Waals surface area contributed by atoms with Crippen LogP contribution in [0.2, 0.25) is 0 Å². The van der Waals surface area contributed by atoms with Crippen LogP contribution in [0.5, 0.6) is 0 Å². The second-order valence-corrected chi connectivity index (χ2v) is 10.7. The molecule has 1 aromatic carbocycles. The molecule has 5 atom stereocenters. The van der Waals surface area contributed by atoms with Crippen LogP contribution in [0.1, 0.15) is 57.4 Å². The Kier molecular flexibility index (Phi) is 6.53. The molecule has 1 aliphatic carbocycles. The van der Waals surface area contributed by atoms with Crippen LogP contribution >= 0.6 is 0 Å². The molecule has 1 fully saturated rings. The first kappa shape index (κ1) is 26.0. The highest BCUT2D eigenvalue weighted by molar-refractivity contribution is 5.97. The molecule has 6 rings (SSSR count). The number of nitrogens with one attached hydrogen (secondary N) is 3. The van der Waals surface area contributed by atoms with Gasteiger partial charge in [0.05, 0.1) is 17.8 Å². The number of aliphatic imine (C=N–C) groups is 2. The maximum Gasteiger partial charge on any atom is 0.271 e.